The van der Waals surface area contributed by atoms with E-state index in [1.807, 2.05) is 0 Å². The first-order chi connectivity index (χ1) is 12.0. The fourth-order valence-corrected chi connectivity index (χ4v) is 2.73. The third-order valence-corrected chi connectivity index (χ3v) is 3.89. The van der Waals surface area contributed by atoms with Crippen LogP contribution in [-0.2, 0) is 7.05 Å². The van der Waals surface area contributed by atoms with E-state index in [0.29, 0.717) is 29.2 Å². The van der Waals surface area contributed by atoms with Crippen molar-refractivity contribution in [1.29, 1.82) is 0 Å². The van der Waals surface area contributed by atoms with Gasteiger partial charge in [-0.15, -0.1) is 0 Å². The molecule has 0 aliphatic rings. The van der Waals surface area contributed by atoms with Gasteiger partial charge in [0.25, 0.3) is 11.5 Å². The van der Waals surface area contributed by atoms with Crippen molar-refractivity contribution in [2.24, 2.45) is 13.0 Å². The Hall–Kier alpha value is -3.03. The summed E-state index contributed by atoms with van der Waals surface area (Å²) in [6.45, 7) is 4.10. The molecule has 2 heterocycles. The molecule has 130 valence electrons. The second kappa shape index (κ2) is 6.84. The second-order valence-electron chi connectivity index (χ2n) is 6.33. The molecule has 1 unspecified atom stereocenters. The van der Waals surface area contributed by atoms with Gasteiger partial charge in [0.2, 0.25) is 0 Å². The number of carbonyl (C=O) groups excluding carboxylic acids is 1. The number of carbonyl (C=O) groups is 1. The average molecular weight is 340 g/mol. The molecule has 0 bridgehead atoms. The highest BCUT2D eigenvalue weighted by Gasteiger charge is 2.23. The predicted molar refractivity (Wildman–Crippen MR) is 93.0 cm³/mol. The Labute approximate surface area is 144 Å². The van der Waals surface area contributed by atoms with Gasteiger partial charge >= 0.3 is 0 Å². The molecule has 0 aliphatic heterocycles. The minimum Gasteiger partial charge on any atom is -0.340 e. The van der Waals surface area contributed by atoms with Crippen LogP contribution in [0.15, 0.2) is 35.4 Å². The van der Waals surface area contributed by atoms with Gasteiger partial charge in [-0.2, -0.15) is 5.10 Å². The Morgan fingerprint density at radius 2 is 2.08 bits per heavy atom. The Balaban J connectivity index is 1.92. The highest BCUT2D eigenvalue weighted by Crippen LogP contribution is 2.19. The molecule has 1 amide bonds. The third-order valence-electron chi connectivity index (χ3n) is 3.89. The predicted octanol–water partition coefficient (Wildman–Crippen LogP) is 1.57. The van der Waals surface area contributed by atoms with Crippen LogP contribution in [0.5, 0.6) is 0 Å². The lowest BCUT2D eigenvalue weighted by molar-refractivity contribution is 0.0922. The molecule has 0 spiro atoms. The molecular weight excluding hydrogens is 320 g/mol. The zero-order valence-corrected chi connectivity index (χ0v) is 14.4. The van der Waals surface area contributed by atoms with Gasteiger partial charge in [0.1, 0.15) is 12.2 Å². The fourth-order valence-electron chi connectivity index (χ4n) is 2.73. The van der Waals surface area contributed by atoms with Crippen molar-refractivity contribution in [3.05, 3.63) is 52.5 Å². The zero-order chi connectivity index (χ0) is 18.0. The van der Waals surface area contributed by atoms with Crippen molar-refractivity contribution in [2.45, 2.75) is 26.3 Å². The Morgan fingerprint density at radius 1 is 1.32 bits per heavy atom. The van der Waals surface area contributed by atoms with E-state index in [-0.39, 0.29) is 11.7 Å². The first kappa shape index (κ1) is 16.8. The van der Waals surface area contributed by atoms with E-state index in [1.165, 1.54) is 6.33 Å². The quantitative estimate of drug-likeness (QED) is 0.733. The summed E-state index contributed by atoms with van der Waals surface area (Å²) in [6.07, 6.45) is 2.11. The average Bonchev–Trinajstić information content (AvgIpc) is 2.99. The Kier molecular flexibility index (Phi) is 4.60. The van der Waals surface area contributed by atoms with Crippen molar-refractivity contribution in [3.63, 3.8) is 0 Å². The molecular formula is C17H20N6O2. The van der Waals surface area contributed by atoms with Crippen LogP contribution in [0, 0.1) is 5.92 Å². The van der Waals surface area contributed by atoms with Gasteiger partial charge in [-0.1, -0.05) is 26.0 Å². The standard InChI is InChI=1S/C17H20N6O2/c1-10(2)8-13(15-18-9-19-23(15)3)22-17(25)14-16(24)21-12-7-5-4-6-11(12)20-14/h4-7,9-10,13H,8H2,1-3H3,(H,21,24)(H,22,25). The summed E-state index contributed by atoms with van der Waals surface area (Å²) in [5, 5.41) is 6.92. The van der Waals surface area contributed by atoms with Gasteiger partial charge in [0.05, 0.1) is 17.1 Å². The second-order valence-corrected chi connectivity index (χ2v) is 6.33. The lowest BCUT2D eigenvalue weighted by Crippen LogP contribution is -2.35. The van der Waals surface area contributed by atoms with Gasteiger partial charge in [0, 0.05) is 7.05 Å². The van der Waals surface area contributed by atoms with Gasteiger partial charge in [-0.25, -0.2) is 9.97 Å². The van der Waals surface area contributed by atoms with Crippen molar-refractivity contribution in [1.82, 2.24) is 30.0 Å². The molecule has 0 fully saturated rings. The molecule has 2 aromatic heterocycles. The van der Waals surface area contributed by atoms with Crippen LogP contribution in [0.3, 0.4) is 0 Å². The third kappa shape index (κ3) is 3.57. The van der Waals surface area contributed by atoms with Crippen LogP contribution in [0.1, 0.15) is 42.6 Å². The number of para-hydroxylation sites is 2. The summed E-state index contributed by atoms with van der Waals surface area (Å²) in [5.41, 5.74) is 0.481. The number of H-pyrrole nitrogens is 1. The first-order valence-corrected chi connectivity index (χ1v) is 8.09. The molecule has 1 atom stereocenters. The maximum atomic E-state index is 12.7. The number of rotatable bonds is 5. The zero-order valence-electron chi connectivity index (χ0n) is 14.4. The Morgan fingerprint density at radius 3 is 2.76 bits per heavy atom. The summed E-state index contributed by atoms with van der Waals surface area (Å²) in [6, 6.07) is 6.74. The number of nitrogens with zero attached hydrogens (tertiary/aromatic N) is 4. The van der Waals surface area contributed by atoms with Gasteiger partial charge in [-0.3, -0.25) is 14.3 Å². The van der Waals surface area contributed by atoms with Gasteiger partial charge in [0.15, 0.2) is 5.69 Å². The van der Waals surface area contributed by atoms with Gasteiger partial charge < -0.3 is 10.3 Å². The molecule has 0 saturated carbocycles. The van der Waals surface area contributed by atoms with E-state index < -0.39 is 11.5 Å². The lowest BCUT2D eigenvalue weighted by atomic mass is 10.0. The molecule has 0 saturated heterocycles. The van der Waals surface area contributed by atoms with E-state index in [0.717, 1.165) is 0 Å². The fraction of sp³-hybridized carbons (Fsp3) is 0.353. The van der Waals surface area contributed by atoms with Crippen LogP contribution in [0.2, 0.25) is 0 Å². The number of fused-ring (bicyclic) bond motifs is 1. The van der Waals surface area contributed by atoms with Crippen molar-refractivity contribution in [3.8, 4) is 0 Å². The molecule has 0 aliphatic carbocycles. The minimum atomic E-state index is -0.527. The molecule has 3 aromatic rings. The summed E-state index contributed by atoms with van der Waals surface area (Å²) < 4.78 is 1.62. The highest BCUT2D eigenvalue weighted by molar-refractivity contribution is 5.93. The SMILES string of the molecule is CC(C)CC(NC(=O)c1nc2ccccc2[nH]c1=O)c1ncnn1C. The lowest BCUT2D eigenvalue weighted by Gasteiger charge is -2.19. The summed E-state index contributed by atoms with van der Waals surface area (Å²) in [4.78, 5) is 36.0. The van der Waals surface area contributed by atoms with Crippen LogP contribution in [0.4, 0.5) is 0 Å². The van der Waals surface area contributed by atoms with E-state index in [9.17, 15) is 9.59 Å². The number of aryl methyl sites for hydroxylation is 1. The van der Waals surface area contributed by atoms with Gasteiger partial charge in [-0.05, 0) is 24.5 Å². The summed E-state index contributed by atoms with van der Waals surface area (Å²) in [5.74, 6) is 0.435. The van der Waals surface area contributed by atoms with E-state index >= 15 is 0 Å². The number of nitrogens with one attached hydrogen (secondary N) is 2. The number of amides is 1. The Bertz CT molecular complexity index is 959. The summed E-state index contributed by atoms with van der Waals surface area (Å²) in [7, 11) is 1.77. The minimum absolute atomic E-state index is 0.158. The topological polar surface area (TPSA) is 106 Å². The van der Waals surface area contributed by atoms with Crippen LogP contribution in [0.25, 0.3) is 11.0 Å². The molecule has 8 heteroatoms. The van der Waals surface area contributed by atoms with E-state index in [2.05, 4.69) is 39.2 Å². The number of aromatic nitrogens is 5. The molecule has 25 heavy (non-hydrogen) atoms. The summed E-state index contributed by atoms with van der Waals surface area (Å²) >= 11 is 0. The van der Waals surface area contributed by atoms with Crippen molar-refractivity contribution >= 4 is 16.9 Å². The van der Waals surface area contributed by atoms with Crippen LogP contribution < -0.4 is 10.9 Å². The smallest absolute Gasteiger partial charge is 0.280 e. The van der Waals surface area contributed by atoms with E-state index in [4.69, 9.17) is 0 Å². The molecule has 8 nitrogen and oxygen atoms in total. The maximum Gasteiger partial charge on any atom is 0.280 e. The number of aromatic amines is 1. The monoisotopic (exact) mass is 340 g/mol. The van der Waals surface area contributed by atoms with E-state index in [1.54, 1.807) is 36.0 Å². The maximum absolute atomic E-state index is 12.7. The van der Waals surface area contributed by atoms with Crippen molar-refractivity contribution in [2.75, 3.05) is 0 Å². The molecule has 1 aromatic carbocycles. The normalized spacial score (nSPS) is 12.5. The largest absolute Gasteiger partial charge is 0.340 e. The highest BCUT2D eigenvalue weighted by atomic mass is 16.2. The molecule has 3 rings (SSSR count). The number of hydrogen-bond donors (Lipinski definition) is 2. The van der Waals surface area contributed by atoms with Crippen LogP contribution >= 0.6 is 0 Å². The van der Waals surface area contributed by atoms with Crippen LogP contribution in [-0.4, -0.2) is 30.6 Å². The molecule has 2 N–H and O–H groups in total. The number of hydrogen-bond acceptors (Lipinski definition) is 5. The first-order valence-electron chi connectivity index (χ1n) is 8.09. The molecule has 0 radical (unpaired) electrons. The van der Waals surface area contributed by atoms with Crippen molar-refractivity contribution < 1.29 is 4.79 Å². The number of benzene rings is 1.